The highest BCUT2D eigenvalue weighted by atomic mass is 35.5. The summed E-state index contributed by atoms with van der Waals surface area (Å²) in [5.74, 6) is 1.42. The van der Waals surface area contributed by atoms with Gasteiger partial charge in [0.15, 0.2) is 5.76 Å². The van der Waals surface area contributed by atoms with E-state index in [4.69, 9.17) is 4.42 Å². The van der Waals surface area contributed by atoms with Crippen LogP contribution in [0.1, 0.15) is 28.8 Å². The largest absolute Gasteiger partial charge is 0.456 e. The Bertz CT molecular complexity index is 384. The molecule has 1 aromatic heterocycles. The molecule has 4 nitrogen and oxygen atoms in total. The van der Waals surface area contributed by atoms with Gasteiger partial charge in [-0.3, -0.25) is 4.79 Å². The van der Waals surface area contributed by atoms with Crippen LogP contribution in [-0.2, 0) is 6.42 Å². The minimum absolute atomic E-state index is 0. The van der Waals surface area contributed by atoms with Crippen molar-refractivity contribution in [2.24, 2.45) is 0 Å². The molecule has 2 heterocycles. The molecule has 0 unspecified atom stereocenters. The molecule has 5 heteroatoms. The number of piperazine rings is 1. The van der Waals surface area contributed by atoms with Crippen molar-refractivity contribution in [3.63, 3.8) is 0 Å². The van der Waals surface area contributed by atoms with Gasteiger partial charge in [0.2, 0.25) is 0 Å². The van der Waals surface area contributed by atoms with E-state index in [-0.39, 0.29) is 18.3 Å². The lowest BCUT2D eigenvalue weighted by molar-refractivity contribution is 0.0702. The average molecular weight is 259 g/mol. The fourth-order valence-corrected chi connectivity index (χ4v) is 2.00. The van der Waals surface area contributed by atoms with Gasteiger partial charge in [-0.1, -0.05) is 6.92 Å². The Balaban J connectivity index is 0.00000144. The molecule has 17 heavy (non-hydrogen) atoms. The van der Waals surface area contributed by atoms with Crippen molar-refractivity contribution in [2.75, 3.05) is 26.2 Å². The van der Waals surface area contributed by atoms with Crippen LogP contribution < -0.4 is 5.32 Å². The third-order valence-electron chi connectivity index (χ3n) is 2.96. The van der Waals surface area contributed by atoms with E-state index in [0.717, 1.165) is 43.9 Å². The van der Waals surface area contributed by atoms with Crippen LogP contribution in [0.4, 0.5) is 0 Å². The summed E-state index contributed by atoms with van der Waals surface area (Å²) >= 11 is 0. The number of hydrogen-bond donors (Lipinski definition) is 1. The first kappa shape index (κ1) is 14.1. The Morgan fingerprint density at radius 2 is 2.12 bits per heavy atom. The molecule has 96 valence electrons. The first-order valence-corrected chi connectivity index (χ1v) is 5.81. The zero-order valence-electron chi connectivity index (χ0n) is 10.3. The number of nitrogens with one attached hydrogen (secondary N) is 1. The topological polar surface area (TPSA) is 45.5 Å². The Morgan fingerprint density at radius 1 is 1.47 bits per heavy atom. The lowest BCUT2D eigenvalue weighted by Gasteiger charge is -2.26. The Labute approximate surface area is 108 Å². The second-order valence-corrected chi connectivity index (χ2v) is 4.11. The molecule has 1 aliphatic heterocycles. The lowest BCUT2D eigenvalue weighted by Crippen LogP contribution is -2.46. The van der Waals surface area contributed by atoms with Gasteiger partial charge in [-0.25, -0.2) is 0 Å². The highest BCUT2D eigenvalue weighted by Gasteiger charge is 2.21. The molecular weight excluding hydrogens is 240 g/mol. The summed E-state index contributed by atoms with van der Waals surface area (Å²) in [7, 11) is 0. The molecule has 1 amide bonds. The summed E-state index contributed by atoms with van der Waals surface area (Å²) < 4.78 is 5.57. The van der Waals surface area contributed by atoms with E-state index >= 15 is 0 Å². The van der Waals surface area contributed by atoms with Gasteiger partial charge in [-0.2, -0.15) is 0 Å². The van der Waals surface area contributed by atoms with Crippen LogP contribution in [0.15, 0.2) is 10.5 Å². The van der Waals surface area contributed by atoms with Gasteiger partial charge in [-0.05, 0) is 18.6 Å². The predicted octanol–water partition coefficient (Wildman–Crippen LogP) is 1.62. The summed E-state index contributed by atoms with van der Waals surface area (Å²) in [5, 5.41) is 3.22. The van der Waals surface area contributed by atoms with Crippen molar-refractivity contribution in [1.29, 1.82) is 0 Å². The first-order chi connectivity index (χ1) is 7.72. The molecule has 1 saturated heterocycles. The van der Waals surface area contributed by atoms with E-state index in [0.29, 0.717) is 5.76 Å². The number of amides is 1. The molecule has 1 fully saturated rings. The minimum Gasteiger partial charge on any atom is -0.456 e. The second kappa shape index (κ2) is 6.07. The maximum Gasteiger partial charge on any atom is 0.289 e. The van der Waals surface area contributed by atoms with Crippen LogP contribution >= 0.6 is 12.4 Å². The highest BCUT2D eigenvalue weighted by Crippen LogP contribution is 2.17. The van der Waals surface area contributed by atoms with Crippen molar-refractivity contribution in [1.82, 2.24) is 10.2 Å². The van der Waals surface area contributed by atoms with Crippen LogP contribution in [0.2, 0.25) is 0 Å². The molecule has 0 aliphatic carbocycles. The SMILES string of the molecule is CCc1oc(C(=O)N2CCNCC2)cc1C.Cl. The van der Waals surface area contributed by atoms with E-state index < -0.39 is 0 Å². The van der Waals surface area contributed by atoms with Gasteiger partial charge in [0.05, 0.1) is 0 Å². The number of aryl methyl sites for hydroxylation is 2. The summed E-state index contributed by atoms with van der Waals surface area (Å²) in [6.07, 6.45) is 0.834. The van der Waals surface area contributed by atoms with Gasteiger partial charge < -0.3 is 14.6 Å². The predicted molar refractivity (Wildman–Crippen MR) is 68.8 cm³/mol. The number of carbonyl (C=O) groups is 1. The molecule has 0 radical (unpaired) electrons. The number of hydrogen-bond acceptors (Lipinski definition) is 3. The Morgan fingerprint density at radius 3 is 2.65 bits per heavy atom. The fourth-order valence-electron chi connectivity index (χ4n) is 2.00. The maximum absolute atomic E-state index is 12.1. The van der Waals surface area contributed by atoms with Crippen molar-refractivity contribution in [2.45, 2.75) is 20.3 Å². The Kier molecular flexibility index (Phi) is 5.02. The molecule has 0 spiro atoms. The minimum atomic E-state index is 0. The third kappa shape index (κ3) is 3.01. The summed E-state index contributed by atoms with van der Waals surface area (Å²) in [6.45, 7) is 7.28. The quantitative estimate of drug-likeness (QED) is 0.877. The maximum atomic E-state index is 12.1. The van der Waals surface area contributed by atoms with Crippen molar-refractivity contribution in [3.05, 3.63) is 23.2 Å². The summed E-state index contributed by atoms with van der Waals surface area (Å²) in [6, 6.07) is 1.85. The standard InChI is InChI=1S/C12H18N2O2.ClH/c1-3-10-9(2)8-11(16-10)12(15)14-6-4-13-5-7-14;/h8,13H,3-7H2,1-2H3;1H. The molecule has 0 atom stereocenters. The molecule has 2 rings (SSSR count). The van der Waals surface area contributed by atoms with Gasteiger partial charge in [-0.15, -0.1) is 12.4 Å². The lowest BCUT2D eigenvalue weighted by atomic mass is 10.2. The van der Waals surface area contributed by atoms with E-state index in [1.54, 1.807) is 0 Å². The van der Waals surface area contributed by atoms with Gasteiger partial charge in [0.1, 0.15) is 5.76 Å². The van der Waals surface area contributed by atoms with Crippen LogP contribution in [0.5, 0.6) is 0 Å². The van der Waals surface area contributed by atoms with E-state index in [2.05, 4.69) is 5.32 Å². The number of halogens is 1. The number of carbonyl (C=O) groups excluding carboxylic acids is 1. The first-order valence-electron chi connectivity index (χ1n) is 5.81. The van der Waals surface area contributed by atoms with Gasteiger partial charge in [0.25, 0.3) is 5.91 Å². The molecule has 0 aromatic carbocycles. The highest BCUT2D eigenvalue weighted by molar-refractivity contribution is 5.91. The normalized spacial score (nSPS) is 15.5. The molecule has 0 bridgehead atoms. The van der Waals surface area contributed by atoms with Crippen molar-refractivity contribution >= 4 is 18.3 Å². The van der Waals surface area contributed by atoms with Crippen LogP contribution in [0, 0.1) is 6.92 Å². The summed E-state index contributed by atoms with van der Waals surface area (Å²) in [5.41, 5.74) is 1.07. The zero-order valence-corrected chi connectivity index (χ0v) is 11.1. The van der Waals surface area contributed by atoms with Gasteiger partial charge in [0, 0.05) is 32.6 Å². The number of nitrogens with zero attached hydrogens (tertiary/aromatic N) is 1. The molecule has 1 aliphatic rings. The monoisotopic (exact) mass is 258 g/mol. The number of rotatable bonds is 2. The zero-order chi connectivity index (χ0) is 11.5. The van der Waals surface area contributed by atoms with Gasteiger partial charge >= 0.3 is 0 Å². The van der Waals surface area contributed by atoms with Crippen LogP contribution in [0.25, 0.3) is 0 Å². The van der Waals surface area contributed by atoms with E-state index in [9.17, 15) is 4.79 Å². The van der Waals surface area contributed by atoms with E-state index in [1.165, 1.54) is 0 Å². The summed E-state index contributed by atoms with van der Waals surface area (Å²) in [4.78, 5) is 13.9. The van der Waals surface area contributed by atoms with Crippen LogP contribution in [0.3, 0.4) is 0 Å². The third-order valence-corrected chi connectivity index (χ3v) is 2.96. The second-order valence-electron chi connectivity index (χ2n) is 4.11. The Hall–Kier alpha value is -1.00. The molecular formula is C12H19ClN2O2. The molecule has 1 aromatic rings. The number of furan rings is 1. The van der Waals surface area contributed by atoms with Crippen molar-refractivity contribution in [3.8, 4) is 0 Å². The fraction of sp³-hybridized carbons (Fsp3) is 0.583. The van der Waals surface area contributed by atoms with Crippen LogP contribution in [-0.4, -0.2) is 37.0 Å². The molecule has 1 N–H and O–H groups in total. The average Bonchev–Trinajstić information content (AvgIpc) is 2.71. The van der Waals surface area contributed by atoms with Crippen molar-refractivity contribution < 1.29 is 9.21 Å². The van der Waals surface area contributed by atoms with E-state index in [1.807, 2.05) is 24.8 Å². The molecule has 0 saturated carbocycles. The smallest absolute Gasteiger partial charge is 0.289 e.